The molecule has 1 aliphatic rings. The first-order chi connectivity index (χ1) is 20.6. The van der Waals surface area contributed by atoms with E-state index in [0.29, 0.717) is 28.7 Å². The molecule has 0 unspecified atom stereocenters. The van der Waals surface area contributed by atoms with Gasteiger partial charge in [0.15, 0.2) is 0 Å². The fourth-order valence-corrected chi connectivity index (χ4v) is 8.40. The topological polar surface area (TPSA) is 19.4 Å². The molecule has 0 bridgehead atoms. The van der Waals surface area contributed by atoms with E-state index in [4.69, 9.17) is 11.6 Å². The molecule has 43 heavy (non-hydrogen) atoms. The van der Waals surface area contributed by atoms with Crippen molar-refractivity contribution in [2.75, 3.05) is 22.9 Å². The average molecular weight is 774 g/mol. The Labute approximate surface area is 272 Å². The first-order valence-corrected chi connectivity index (χ1v) is 17.9. The Bertz CT molecular complexity index is 1600. The van der Waals surface area contributed by atoms with Crippen LogP contribution in [0.2, 0.25) is 5.02 Å². The normalized spacial score (nSPS) is 13.7. The molecule has 1 aromatic heterocycles. The van der Waals surface area contributed by atoms with Crippen LogP contribution in [0.15, 0.2) is 66.9 Å². The molecule has 0 radical (unpaired) electrons. The molecule has 5 rings (SSSR count). The van der Waals surface area contributed by atoms with Gasteiger partial charge in [0, 0.05) is 0 Å². The molecular weight excluding hydrogens is 731 g/mol. The summed E-state index contributed by atoms with van der Waals surface area (Å²) in [4.78, 5) is 9.89. The van der Waals surface area contributed by atoms with Gasteiger partial charge in [-0.2, -0.15) is 0 Å². The van der Waals surface area contributed by atoms with Crippen LogP contribution in [-0.4, -0.2) is 22.0 Å². The predicted molar refractivity (Wildman–Crippen MR) is 183 cm³/mol. The first-order valence-electron chi connectivity index (χ1n) is 15.4. The molecule has 1 saturated heterocycles. The Morgan fingerprint density at radius 3 is 1.63 bits per heavy atom. The molecule has 0 N–H and O–H groups in total. The molecule has 4 aromatic rings. The summed E-state index contributed by atoms with van der Waals surface area (Å²) in [6, 6.07) is 21.7. The zero-order chi connectivity index (χ0) is 30.8. The van der Waals surface area contributed by atoms with Crippen LogP contribution in [0.1, 0.15) is 107 Å². The molecule has 1 aliphatic heterocycles. The summed E-state index contributed by atoms with van der Waals surface area (Å²) < 4.78 is 5.04. The van der Waals surface area contributed by atoms with Gasteiger partial charge in [-0.25, -0.2) is 0 Å². The fourth-order valence-electron chi connectivity index (χ4n) is 5.96. The fraction of sp³-hybridized carbons (Fsp3) is 0.368. The van der Waals surface area contributed by atoms with Gasteiger partial charge in [0.1, 0.15) is 0 Å². The third-order valence-electron chi connectivity index (χ3n) is 8.17. The Hall–Kier alpha value is -2.87. The van der Waals surface area contributed by atoms with E-state index in [2.05, 4.69) is 117 Å². The van der Waals surface area contributed by atoms with E-state index in [-0.39, 0.29) is 0 Å². The van der Waals surface area contributed by atoms with E-state index in [1.54, 1.807) is 0 Å². The summed E-state index contributed by atoms with van der Waals surface area (Å²) in [6.07, 6.45) is 1.82. The van der Waals surface area contributed by atoms with Gasteiger partial charge in [0.2, 0.25) is 0 Å². The third kappa shape index (κ3) is 6.36. The zero-order valence-electron chi connectivity index (χ0n) is 26.6. The number of pyridine rings is 1. The van der Waals surface area contributed by atoms with Gasteiger partial charge in [0.05, 0.1) is 0 Å². The maximum atomic E-state index is 6.50. The van der Waals surface area contributed by atoms with Gasteiger partial charge in [-0.3, -0.25) is 0 Å². The number of para-hydroxylation sites is 2. The number of nitrogens with zero attached hydrogens (tertiary/aromatic N) is 3. The number of benzene rings is 3. The van der Waals surface area contributed by atoms with Crippen LogP contribution in [0.25, 0.3) is 10.9 Å². The molecule has 2 heterocycles. The summed E-state index contributed by atoms with van der Waals surface area (Å²) in [5.74, 6) is 5.23. The van der Waals surface area contributed by atoms with Crippen LogP contribution in [0.3, 0.4) is 0 Å². The number of fused-ring (bicyclic) bond motifs is 1. The second kappa shape index (κ2) is 13.4. The minimum atomic E-state index is -0.532. The van der Waals surface area contributed by atoms with Crippen LogP contribution in [0.4, 0.5) is 11.4 Å². The van der Waals surface area contributed by atoms with Gasteiger partial charge in [-0.1, -0.05) is 0 Å². The molecule has 3 nitrogen and oxygen atoms in total. The Morgan fingerprint density at radius 2 is 1.16 bits per heavy atom. The van der Waals surface area contributed by atoms with E-state index in [9.17, 15) is 0 Å². The predicted octanol–water partition coefficient (Wildman–Crippen LogP) is 9.89. The maximum absolute atomic E-state index is 6.50. The summed E-state index contributed by atoms with van der Waals surface area (Å²) in [6.45, 7) is 20.4. The first kappa shape index (κ1) is 31.6. The van der Waals surface area contributed by atoms with Crippen molar-refractivity contribution in [2.24, 2.45) is 0 Å². The van der Waals surface area contributed by atoms with Crippen molar-refractivity contribution in [3.63, 3.8) is 0 Å². The van der Waals surface area contributed by atoms with Gasteiger partial charge in [0.25, 0.3) is 0 Å². The summed E-state index contributed by atoms with van der Waals surface area (Å²) >= 11 is 5.97. The van der Waals surface area contributed by atoms with E-state index in [0.717, 1.165) is 29.6 Å². The van der Waals surface area contributed by atoms with Crippen LogP contribution >= 0.6 is 11.6 Å². The Morgan fingerprint density at radius 1 is 0.674 bits per heavy atom. The van der Waals surface area contributed by atoms with Crippen molar-refractivity contribution >= 4 is 37.8 Å². The average Bonchev–Trinajstić information content (AvgIpc) is 3.40. The quantitative estimate of drug-likeness (QED) is 0.144. The number of hydrogen-bond acceptors (Lipinski definition) is 3. The zero-order valence-corrected chi connectivity index (χ0v) is 29.5. The molecule has 0 saturated carbocycles. The molecule has 0 aliphatic carbocycles. The van der Waals surface area contributed by atoms with Gasteiger partial charge >= 0.3 is 274 Å². The molecule has 5 heteroatoms. The number of rotatable bonds is 6. The second-order valence-corrected chi connectivity index (χ2v) is 15.0. The molecule has 0 spiro atoms. The number of hydrogen-bond donors (Lipinski definition) is 0. The van der Waals surface area contributed by atoms with E-state index in [1.807, 2.05) is 30.5 Å². The summed E-state index contributed by atoms with van der Waals surface area (Å²) in [5.41, 5.74) is 10.2. The number of aromatic nitrogens is 1. The van der Waals surface area contributed by atoms with Crippen LogP contribution in [0.5, 0.6) is 0 Å². The summed E-state index contributed by atoms with van der Waals surface area (Å²) in [5, 5.41) is 1.66. The van der Waals surface area contributed by atoms with Gasteiger partial charge in [-0.05, 0) is 0 Å². The SMILES string of the molecule is CC(C)c1cccc(C(C)C)c1N1CCN(c2c(C(C)C)cccc2C(C)C)[C]1=[Au][C]#Cc1ccc(Cl)c2cccnc12. The number of anilines is 2. The van der Waals surface area contributed by atoms with Crippen molar-refractivity contribution in [1.82, 2.24) is 4.98 Å². The van der Waals surface area contributed by atoms with Crippen LogP contribution in [-0.2, 0) is 19.3 Å². The molecule has 0 atom stereocenters. The monoisotopic (exact) mass is 773 g/mol. The van der Waals surface area contributed by atoms with Crippen molar-refractivity contribution in [3.8, 4) is 10.1 Å². The minimum absolute atomic E-state index is 0.424. The molecule has 3 aromatic carbocycles. The van der Waals surface area contributed by atoms with E-state index in [1.165, 1.54) is 37.6 Å². The van der Waals surface area contributed by atoms with Crippen LogP contribution in [0, 0.1) is 10.1 Å². The summed E-state index contributed by atoms with van der Waals surface area (Å²) in [7, 11) is 0. The van der Waals surface area contributed by atoms with Crippen molar-refractivity contribution in [2.45, 2.75) is 79.1 Å². The van der Waals surface area contributed by atoms with Gasteiger partial charge in [-0.15, -0.1) is 0 Å². The third-order valence-corrected chi connectivity index (χ3v) is 10.7. The van der Waals surface area contributed by atoms with Crippen LogP contribution < -0.4 is 9.80 Å². The Kier molecular flexibility index (Phi) is 9.84. The molecule has 0 amide bonds. The van der Waals surface area contributed by atoms with E-state index < -0.39 is 19.3 Å². The van der Waals surface area contributed by atoms with Crippen molar-refractivity contribution < 1.29 is 19.3 Å². The standard InChI is InChI=1S/C27H38N2.C11H5ClN.Au/c1-18(2)22-11-9-12-23(19(3)4)26(22)28-15-16-29(17-28)27-24(20(5)6)13-10-14-25(27)21(7)8;1-2-8-5-6-10(12)9-4-3-7-13-11(8)9;/h9-14,18-21H,15-16H2,1-8H3;3-7H;. The second-order valence-electron chi connectivity index (χ2n) is 12.5. The van der Waals surface area contributed by atoms with Crippen molar-refractivity contribution in [3.05, 3.63) is 99.7 Å². The Balaban J connectivity index is 1.74. The molecule has 228 valence electrons. The molecule has 1 fully saturated rings. The van der Waals surface area contributed by atoms with E-state index >= 15 is 0 Å². The number of halogens is 1. The van der Waals surface area contributed by atoms with Gasteiger partial charge < -0.3 is 0 Å². The molecular formula is C38H43AuClN3. The van der Waals surface area contributed by atoms with Crippen molar-refractivity contribution in [1.29, 1.82) is 0 Å².